The second-order valence-electron chi connectivity index (χ2n) is 10.0. The van der Waals surface area contributed by atoms with E-state index in [4.69, 9.17) is 5.73 Å². The normalized spacial score (nSPS) is 16.1. The Labute approximate surface area is 231 Å². The van der Waals surface area contributed by atoms with Crippen LogP contribution >= 0.6 is 0 Å². The third kappa shape index (κ3) is 4.66. The van der Waals surface area contributed by atoms with Crippen LogP contribution in [0.5, 0.6) is 0 Å². The van der Waals surface area contributed by atoms with Gasteiger partial charge in [-0.15, -0.1) is 5.10 Å². The largest absolute Gasteiger partial charge is 0.355 e. The lowest BCUT2D eigenvalue weighted by Gasteiger charge is -2.42. The summed E-state index contributed by atoms with van der Waals surface area (Å²) >= 11 is 0. The van der Waals surface area contributed by atoms with Gasteiger partial charge in [0.25, 0.3) is 10.0 Å². The summed E-state index contributed by atoms with van der Waals surface area (Å²) in [7, 11) is -5.12. The van der Waals surface area contributed by atoms with Crippen molar-refractivity contribution in [2.24, 2.45) is 5.73 Å². The number of aromatic nitrogens is 2. The van der Waals surface area contributed by atoms with Crippen molar-refractivity contribution in [2.75, 3.05) is 38.6 Å². The van der Waals surface area contributed by atoms with E-state index in [9.17, 15) is 25.6 Å². The molecular weight excluding hydrogens is 560 g/mol. The van der Waals surface area contributed by atoms with E-state index >= 15 is 0 Å². The fraction of sp³-hybridized carbons (Fsp3) is 0.296. The number of nitrogens with two attached hydrogens (primary N) is 1. The van der Waals surface area contributed by atoms with Crippen LogP contribution in [0.2, 0.25) is 0 Å². The second-order valence-corrected chi connectivity index (χ2v) is 14.0. The number of piperidine rings is 1. The van der Waals surface area contributed by atoms with Crippen molar-refractivity contribution in [3.63, 3.8) is 0 Å². The van der Waals surface area contributed by atoms with E-state index in [1.165, 1.54) is 50.5 Å². The number of halogens is 2. The van der Waals surface area contributed by atoms with E-state index in [2.05, 4.69) is 5.10 Å². The van der Waals surface area contributed by atoms with E-state index in [1.54, 1.807) is 24.3 Å². The average molecular weight is 590 g/mol. The lowest BCUT2D eigenvalue weighted by Crippen LogP contribution is -2.47. The third-order valence-electron chi connectivity index (χ3n) is 7.58. The van der Waals surface area contributed by atoms with Gasteiger partial charge in [-0.3, -0.25) is 0 Å². The average Bonchev–Trinajstić information content (AvgIpc) is 3.34. The molecule has 0 aliphatic carbocycles. The van der Waals surface area contributed by atoms with E-state index in [-0.39, 0.29) is 16.3 Å². The fourth-order valence-electron chi connectivity index (χ4n) is 5.18. The minimum Gasteiger partial charge on any atom is -0.355 e. The summed E-state index contributed by atoms with van der Waals surface area (Å²) in [6.45, 7) is 1.02. The Bertz CT molecular complexity index is 1780. The molecule has 0 bridgehead atoms. The highest BCUT2D eigenvalue weighted by atomic mass is 32.2. The number of hydrogen-bond acceptors (Lipinski definition) is 7. The van der Waals surface area contributed by atoms with Gasteiger partial charge in [0, 0.05) is 50.6 Å². The van der Waals surface area contributed by atoms with Crippen LogP contribution in [0.25, 0.3) is 10.9 Å². The Kier molecular flexibility index (Phi) is 7.19. The van der Waals surface area contributed by atoms with Gasteiger partial charge in [0.1, 0.15) is 11.6 Å². The van der Waals surface area contributed by atoms with Crippen molar-refractivity contribution in [3.8, 4) is 0 Å². The number of rotatable bonds is 7. The molecule has 0 amide bonds. The molecule has 1 fully saturated rings. The third-order valence-corrected chi connectivity index (χ3v) is 11.0. The van der Waals surface area contributed by atoms with Gasteiger partial charge in [-0.2, -0.15) is 12.5 Å². The minimum absolute atomic E-state index is 0.0308. The number of sulfonamides is 1. The summed E-state index contributed by atoms with van der Waals surface area (Å²) in [5.41, 5.74) is 6.16. The molecule has 0 radical (unpaired) electrons. The molecule has 1 saturated heterocycles. The summed E-state index contributed by atoms with van der Waals surface area (Å²) in [4.78, 5) is 1.80. The van der Waals surface area contributed by atoms with Crippen LogP contribution in [-0.4, -0.2) is 64.1 Å². The SMILES string of the molecule is CN(C)S(=O)(=O)c1ccc(S(=O)(=O)n2nc(N3CCC(CN)(c4ccc(F)cc4F)CC3)c3ccccc32)cc1. The number of nitrogens with zero attached hydrogens (tertiary/aromatic N) is 4. The lowest BCUT2D eigenvalue weighted by atomic mass is 9.72. The van der Waals surface area contributed by atoms with Gasteiger partial charge in [0.05, 0.1) is 15.3 Å². The molecule has 0 saturated carbocycles. The standard InChI is InChI=1S/C27H29F2N5O4S2/c1-32(2)39(35,36)20-8-10-21(11-9-20)40(37,38)34-25-6-4-3-5-22(25)26(31-34)33-15-13-27(18-30,14-16-33)23-12-7-19(28)17-24(23)29/h3-12,17H,13-16,18,30H2,1-2H3. The Morgan fingerprint density at radius 3 is 2.15 bits per heavy atom. The maximum Gasteiger partial charge on any atom is 0.283 e. The molecule has 5 rings (SSSR count). The van der Waals surface area contributed by atoms with E-state index in [0.717, 1.165) is 14.5 Å². The van der Waals surface area contributed by atoms with Gasteiger partial charge in [0.15, 0.2) is 5.82 Å². The monoisotopic (exact) mass is 589 g/mol. The minimum atomic E-state index is -4.18. The Hall–Kier alpha value is -3.39. The van der Waals surface area contributed by atoms with Crippen LogP contribution in [0, 0.1) is 11.6 Å². The first-order valence-electron chi connectivity index (χ1n) is 12.6. The fourth-order valence-corrected chi connectivity index (χ4v) is 7.37. The molecule has 3 aromatic carbocycles. The number of para-hydroxylation sites is 1. The van der Waals surface area contributed by atoms with Crippen LogP contribution in [0.4, 0.5) is 14.6 Å². The van der Waals surface area contributed by atoms with Crippen LogP contribution in [-0.2, 0) is 25.5 Å². The molecule has 1 aliphatic heterocycles. The zero-order valence-corrected chi connectivity index (χ0v) is 23.6. The van der Waals surface area contributed by atoms with Gasteiger partial charge < -0.3 is 10.6 Å². The first-order valence-corrected chi connectivity index (χ1v) is 15.5. The molecular formula is C27H29F2N5O4S2. The zero-order valence-electron chi connectivity index (χ0n) is 22.0. The number of fused-ring (bicyclic) bond motifs is 1. The number of hydrogen-bond donors (Lipinski definition) is 1. The summed E-state index contributed by atoms with van der Waals surface area (Å²) in [5, 5.41) is 5.13. The maximum atomic E-state index is 14.7. The lowest BCUT2D eigenvalue weighted by molar-refractivity contribution is 0.326. The molecule has 40 heavy (non-hydrogen) atoms. The van der Waals surface area contributed by atoms with Gasteiger partial charge >= 0.3 is 0 Å². The summed E-state index contributed by atoms with van der Waals surface area (Å²) < 4.78 is 82.4. The molecule has 0 unspecified atom stereocenters. The predicted octanol–water partition coefficient (Wildman–Crippen LogP) is 3.30. The molecule has 4 aromatic rings. The topological polar surface area (TPSA) is 119 Å². The van der Waals surface area contributed by atoms with Crippen molar-refractivity contribution >= 4 is 36.8 Å². The summed E-state index contributed by atoms with van der Waals surface area (Å²) in [6, 6.07) is 15.4. The Morgan fingerprint density at radius 1 is 0.925 bits per heavy atom. The maximum absolute atomic E-state index is 14.7. The van der Waals surface area contributed by atoms with Crippen molar-refractivity contribution in [1.82, 2.24) is 13.5 Å². The van der Waals surface area contributed by atoms with Crippen LogP contribution in [0.3, 0.4) is 0 Å². The van der Waals surface area contributed by atoms with Crippen molar-refractivity contribution < 1.29 is 25.6 Å². The van der Waals surface area contributed by atoms with Crippen LogP contribution in [0.1, 0.15) is 18.4 Å². The molecule has 1 aliphatic rings. The van der Waals surface area contributed by atoms with Crippen LogP contribution < -0.4 is 10.6 Å². The molecule has 9 nitrogen and oxygen atoms in total. The number of benzene rings is 3. The molecule has 2 N–H and O–H groups in total. The Morgan fingerprint density at radius 2 is 1.55 bits per heavy atom. The van der Waals surface area contributed by atoms with Crippen molar-refractivity contribution in [1.29, 1.82) is 0 Å². The second kappa shape index (κ2) is 10.2. The Balaban J connectivity index is 1.49. The quantitative estimate of drug-likeness (QED) is 0.351. The van der Waals surface area contributed by atoms with Gasteiger partial charge in [-0.05, 0) is 60.9 Å². The van der Waals surface area contributed by atoms with E-state index in [1.807, 2.05) is 4.90 Å². The summed E-state index contributed by atoms with van der Waals surface area (Å²) in [5.74, 6) is -0.835. The van der Waals surface area contributed by atoms with Gasteiger partial charge in [-0.1, -0.05) is 18.2 Å². The van der Waals surface area contributed by atoms with E-state index < -0.39 is 37.1 Å². The first-order chi connectivity index (χ1) is 18.9. The molecule has 0 spiro atoms. The smallest absolute Gasteiger partial charge is 0.283 e. The van der Waals surface area contributed by atoms with Crippen molar-refractivity contribution in [3.05, 3.63) is 83.9 Å². The first kappa shape index (κ1) is 28.1. The highest BCUT2D eigenvalue weighted by Gasteiger charge is 2.38. The molecule has 212 valence electrons. The van der Waals surface area contributed by atoms with Gasteiger partial charge in [0.2, 0.25) is 10.0 Å². The van der Waals surface area contributed by atoms with Gasteiger partial charge in [-0.25, -0.2) is 21.5 Å². The number of anilines is 1. The molecule has 2 heterocycles. The van der Waals surface area contributed by atoms with E-state index in [0.29, 0.717) is 48.2 Å². The highest BCUT2D eigenvalue weighted by molar-refractivity contribution is 7.90. The molecule has 0 atom stereocenters. The molecule has 1 aromatic heterocycles. The zero-order chi connectivity index (χ0) is 28.9. The molecule has 13 heteroatoms. The van der Waals surface area contributed by atoms with Crippen LogP contribution in [0.15, 0.2) is 76.5 Å². The van der Waals surface area contributed by atoms with Crippen molar-refractivity contribution in [2.45, 2.75) is 28.0 Å². The summed E-state index contributed by atoms with van der Waals surface area (Å²) in [6.07, 6.45) is 0.920. The predicted molar refractivity (Wildman–Crippen MR) is 148 cm³/mol. The highest BCUT2D eigenvalue weighted by Crippen LogP contribution is 2.39.